The van der Waals surface area contributed by atoms with Crippen LogP contribution in [0.25, 0.3) is 0 Å². The number of rotatable bonds is 9. The van der Waals surface area contributed by atoms with Crippen LogP contribution >= 0.6 is 0 Å². The van der Waals surface area contributed by atoms with Crippen molar-refractivity contribution in [3.05, 3.63) is 0 Å². The zero-order valence-corrected chi connectivity index (χ0v) is 16.6. The summed E-state index contributed by atoms with van der Waals surface area (Å²) in [6.45, 7) is 11.6. The molecule has 0 aromatic carbocycles. The molecule has 6 heteroatoms. The minimum Gasteiger partial charge on any atom is -0.385 e. The molecule has 0 atom stereocenters. The van der Waals surface area contributed by atoms with Gasteiger partial charge >= 0.3 is 0 Å². The molecule has 6 nitrogen and oxygen atoms in total. The summed E-state index contributed by atoms with van der Waals surface area (Å²) < 4.78 is 5.29. The molecule has 1 aliphatic carbocycles. The molecule has 2 fully saturated rings. The maximum atomic E-state index is 5.29. The Balaban J connectivity index is 1.75. The van der Waals surface area contributed by atoms with E-state index in [1.54, 1.807) is 7.11 Å². The van der Waals surface area contributed by atoms with Crippen LogP contribution in [-0.4, -0.2) is 88.9 Å². The van der Waals surface area contributed by atoms with Crippen LogP contribution in [0.15, 0.2) is 4.99 Å². The summed E-state index contributed by atoms with van der Waals surface area (Å²) in [6.07, 6.45) is 6.33. The Kier molecular flexibility index (Phi) is 8.99. The lowest BCUT2D eigenvalue weighted by Crippen LogP contribution is -2.43. The molecule has 0 unspecified atom stereocenters. The van der Waals surface area contributed by atoms with Gasteiger partial charge in [0.25, 0.3) is 0 Å². The van der Waals surface area contributed by atoms with Crippen molar-refractivity contribution < 1.29 is 4.74 Å². The average Bonchev–Trinajstić information content (AvgIpc) is 2.78. The molecule has 0 amide bonds. The predicted molar refractivity (Wildman–Crippen MR) is 105 cm³/mol. The molecule has 1 aliphatic heterocycles. The van der Waals surface area contributed by atoms with Crippen molar-refractivity contribution in [2.45, 2.75) is 39.0 Å². The smallest absolute Gasteiger partial charge is 0.191 e. The highest BCUT2D eigenvalue weighted by Gasteiger charge is 2.36. The van der Waals surface area contributed by atoms with Gasteiger partial charge in [-0.2, -0.15) is 0 Å². The minimum absolute atomic E-state index is 0.383. The van der Waals surface area contributed by atoms with Crippen LogP contribution in [0.1, 0.15) is 39.0 Å². The summed E-state index contributed by atoms with van der Waals surface area (Å²) >= 11 is 0. The first-order valence-electron chi connectivity index (χ1n) is 10.1. The standard InChI is InChI=1S/C19H39N5O/c1-4-20-18(22-17-19(7-5-8-19)9-16-25-3)21-10-13-24-12-6-11-23(2)14-15-24/h4-17H2,1-3H3,(H2,20,21,22). The maximum absolute atomic E-state index is 5.29. The number of hydrogen-bond donors (Lipinski definition) is 2. The number of aliphatic imine (C=N–C) groups is 1. The molecule has 0 aromatic heterocycles. The summed E-state index contributed by atoms with van der Waals surface area (Å²) in [7, 11) is 4.01. The van der Waals surface area contributed by atoms with E-state index in [1.807, 2.05) is 0 Å². The monoisotopic (exact) mass is 353 g/mol. The van der Waals surface area contributed by atoms with E-state index in [1.165, 1.54) is 51.9 Å². The van der Waals surface area contributed by atoms with Gasteiger partial charge < -0.3 is 25.2 Å². The minimum atomic E-state index is 0.383. The SMILES string of the molecule is CCNC(=NCC1(CCOC)CCC1)NCCN1CCCN(C)CC1. The Bertz CT molecular complexity index is 397. The molecule has 25 heavy (non-hydrogen) atoms. The highest BCUT2D eigenvalue weighted by atomic mass is 16.5. The first-order chi connectivity index (χ1) is 12.2. The second-order valence-corrected chi connectivity index (χ2v) is 7.72. The molecule has 0 aromatic rings. The van der Waals surface area contributed by atoms with Gasteiger partial charge in [-0.05, 0) is 58.2 Å². The van der Waals surface area contributed by atoms with Crippen molar-refractivity contribution in [3.8, 4) is 0 Å². The topological polar surface area (TPSA) is 52.1 Å². The van der Waals surface area contributed by atoms with Gasteiger partial charge in [-0.1, -0.05) is 6.42 Å². The van der Waals surface area contributed by atoms with Crippen LogP contribution in [0.4, 0.5) is 0 Å². The Morgan fingerprint density at radius 1 is 1.12 bits per heavy atom. The van der Waals surface area contributed by atoms with Crippen molar-refractivity contribution in [3.63, 3.8) is 0 Å². The van der Waals surface area contributed by atoms with E-state index in [2.05, 4.69) is 34.4 Å². The van der Waals surface area contributed by atoms with Crippen molar-refractivity contribution in [2.75, 3.05) is 73.1 Å². The molecule has 0 radical (unpaired) electrons. The molecule has 1 heterocycles. The van der Waals surface area contributed by atoms with Crippen LogP contribution in [-0.2, 0) is 4.74 Å². The van der Waals surface area contributed by atoms with E-state index in [0.29, 0.717) is 5.41 Å². The molecule has 146 valence electrons. The van der Waals surface area contributed by atoms with E-state index in [-0.39, 0.29) is 0 Å². The van der Waals surface area contributed by atoms with Gasteiger partial charge in [0, 0.05) is 53.0 Å². The van der Waals surface area contributed by atoms with Gasteiger partial charge in [0.05, 0.1) is 0 Å². The van der Waals surface area contributed by atoms with Gasteiger partial charge in [0.2, 0.25) is 0 Å². The Hall–Kier alpha value is -0.850. The highest BCUT2D eigenvalue weighted by molar-refractivity contribution is 5.79. The van der Waals surface area contributed by atoms with Gasteiger partial charge in [0.15, 0.2) is 5.96 Å². The Morgan fingerprint density at radius 2 is 1.96 bits per heavy atom. The molecule has 1 saturated heterocycles. The molecule has 0 bridgehead atoms. The maximum Gasteiger partial charge on any atom is 0.191 e. The van der Waals surface area contributed by atoms with Crippen LogP contribution in [0.5, 0.6) is 0 Å². The van der Waals surface area contributed by atoms with E-state index < -0.39 is 0 Å². The lowest BCUT2D eigenvalue weighted by Gasteiger charge is -2.40. The molecule has 2 aliphatic rings. The van der Waals surface area contributed by atoms with Crippen LogP contribution < -0.4 is 10.6 Å². The lowest BCUT2D eigenvalue weighted by molar-refractivity contribution is 0.0778. The first-order valence-corrected chi connectivity index (χ1v) is 10.1. The number of methoxy groups -OCH3 is 1. The fourth-order valence-corrected chi connectivity index (χ4v) is 3.73. The van der Waals surface area contributed by atoms with E-state index in [4.69, 9.17) is 9.73 Å². The molecule has 2 N–H and O–H groups in total. The Labute approximate surface area is 154 Å². The summed E-state index contributed by atoms with van der Waals surface area (Å²) in [5.74, 6) is 0.970. The summed E-state index contributed by atoms with van der Waals surface area (Å²) in [6, 6.07) is 0. The van der Waals surface area contributed by atoms with Crippen molar-refractivity contribution in [2.24, 2.45) is 10.4 Å². The number of likely N-dealkylation sites (N-methyl/N-ethyl adjacent to an activating group) is 1. The molecule has 1 saturated carbocycles. The molecular weight excluding hydrogens is 314 g/mol. The first kappa shape index (κ1) is 20.5. The fourth-order valence-electron chi connectivity index (χ4n) is 3.73. The number of nitrogens with zero attached hydrogens (tertiary/aromatic N) is 3. The third-order valence-electron chi connectivity index (χ3n) is 5.70. The second kappa shape index (κ2) is 11.0. The van der Waals surface area contributed by atoms with Gasteiger partial charge in [0.1, 0.15) is 0 Å². The number of guanidine groups is 1. The lowest BCUT2D eigenvalue weighted by atomic mass is 9.67. The van der Waals surface area contributed by atoms with Gasteiger partial charge in [-0.3, -0.25) is 4.99 Å². The van der Waals surface area contributed by atoms with Crippen LogP contribution in [0, 0.1) is 5.41 Å². The van der Waals surface area contributed by atoms with Gasteiger partial charge in [-0.25, -0.2) is 0 Å². The zero-order chi connectivity index (χ0) is 18.0. The van der Waals surface area contributed by atoms with Crippen molar-refractivity contribution in [1.29, 1.82) is 0 Å². The molecular formula is C19H39N5O. The third kappa shape index (κ3) is 7.12. The van der Waals surface area contributed by atoms with Crippen LogP contribution in [0.2, 0.25) is 0 Å². The highest BCUT2D eigenvalue weighted by Crippen LogP contribution is 2.44. The van der Waals surface area contributed by atoms with E-state index >= 15 is 0 Å². The van der Waals surface area contributed by atoms with Crippen LogP contribution in [0.3, 0.4) is 0 Å². The summed E-state index contributed by atoms with van der Waals surface area (Å²) in [5.41, 5.74) is 0.383. The third-order valence-corrected chi connectivity index (χ3v) is 5.70. The average molecular weight is 354 g/mol. The largest absolute Gasteiger partial charge is 0.385 e. The van der Waals surface area contributed by atoms with Crippen molar-refractivity contribution in [1.82, 2.24) is 20.4 Å². The number of ether oxygens (including phenoxy) is 1. The second-order valence-electron chi connectivity index (χ2n) is 7.72. The Morgan fingerprint density at radius 3 is 2.64 bits per heavy atom. The number of nitrogens with one attached hydrogen (secondary N) is 2. The van der Waals surface area contributed by atoms with E-state index in [9.17, 15) is 0 Å². The fraction of sp³-hybridized carbons (Fsp3) is 0.947. The van der Waals surface area contributed by atoms with E-state index in [0.717, 1.165) is 45.2 Å². The quantitative estimate of drug-likeness (QED) is 0.485. The number of hydrogen-bond acceptors (Lipinski definition) is 4. The molecule has 2 rings (SSSR count). The predicted octanol–water partition coefficient (Wildman–Crippen LogP) is 1.39. The zero-order valence-electron chi connectivity index (χ0n) is 16.6. The summed E-state index contributed by atoms with van der Waals surface area (Å²) in [4.78, 5) is 9.88. The van der Waals surface area contributed by atoms with Gasteiger partial charge in [-0.15, -0.1) is 0 Å². The van der Waals surface area contributed by atoms with Crippen molar-refractivity contribution >= 4 is 5.96 Å². The summed E-state index contributed by atoms with van der Waals surface area (Å²) in [5, 5.41) is 6.93. The molecule has 0 spiro atoms. The normalized spacial score (nSPS) is 22.3.